The zero-order valence-corrected chi connectivity index (χ0v) is 14.1. The van der Waals surface area contributed by atoms with Gasteiger partial charge in [-0.1, -0.05) is 37.1 Å². The molecule has 0 radical (unpaired) electrons. The summed E-state index contributed by atoms with van der Waals surface area (Å²) >= 11 is 1.41. The van der Waals surface area contributed by atoms with E-state index in [0.717, 1.165) is 18.7 Å². The summed E-state index contributed by atoms with van der Waals surface area (Å²) in [6.45, 7) is 0. The molecule has 6 nitrogen and oxygen atoms in total. The molecule has 0 spiro atoms. The van der Waals surface area contributed by atoms with Gasteiger partial charge in [0.2, 0.25) is 5.91 Å². The third-order valence-corrected chi connectivity index (χ3v) is 5.18. The van der Waals surface area contributed by atoms with Crippen molar-refractivity contribution in [3.8, 4) is 5.82 Å². The number of rotatable bonds is 5. The van der Waals surface area contributed by atoms with Gasteiger partial charge in [-0.3, -0.25) is 9.36 Å². The van der Waals surface area contributed by atoms with Crippen molar-refractivity contribution in [2.45, 2.75) is 43.3 Å². The van der Waals surface area contributed by atoms with Crippen molar-refractivity contribution < 1.29 is 4.79 Å². The summed E-state index contributed by atoms with van der Waals surface area (Å²) in [6.07, 6.45) is 9.34. The van der Waals surface area contributed by atoms with Crippen LogP contribution < -0.4 is 0 Å². The van der Waals surface area contributed by atoms with E-state index >= 15 is 0 Å². The molecular weight excluding hydrogens is 310 g/mol. The number of hydrogen-bond acceptors (Lipinski definition) is 5. The molecule has 7 heteroatoms. The largest absolute Gasteiger partial charge is 0.342 e. The Morgan fingerprint density at radius 3 is 2.91 bits per heavy atom. The minimum atomic E-state index is 0.150. The Hall–Kier alpha value is -1.89. The van der Waals surface area contributed by atoms with E-state index in [1.807, 2.05) is 30.1 Å². The number of pyridine rings is 1. The van der Waals surface area contributed by atoms with Crippen molar-refractivity contribution in [3.63, 3.8) is 0 Å². The van der Waals surface area contributed by atoms with Crippen LogP contribution in [0.3, 0.4) is 0 Å². The van der Waals surface area contributed by atoms with Gasteiger partial charge in [0.1, 0.15) is 12.1 Å². The summed E-state index contributed by atoms with van der Waals surface area (Å²) in [5, 5.41) is 8.73. The Bertz CT molecular complexity index is 639. The first-order chi connectivity index (χ1) is 11.3. The SMILES string of the molecule is CN(C(=O)CSc1nncn1-c1ccccn1)C1CCCCC1. The van der Waals surface area contributed by atoms with E-state index in [-0.39, 0.29) is 5.91 Å². The van der Waals surface area contributed by atoms with E-state index < -0.39 is 0 Å². The van der Waals surface area contributed by atoms with E-state index in [1.54, 1.807) is 17.1 Å². The smallest absolute Gasteiger partial charge is 0.233 e. The lowest BCUT2D eigenvalue weighted by Gasteiger charge is -2.31. The van der Waals surface area contributed by atoms with Crippen molar-refractivity contribution in [1.82, 2.24) is 24.6 Å². The molecule has 1 aliphatic rings. The van der Waals surface area contributed by atoms with Gasteiger partial charge in [0.25, 0.3) is 0 Å². The third-order valence-electron chi connectivity index (χ3n) is 4.25. The molecule has 0 bridgehead atoms. The van der Waals surface area contributed by atoms with Gasteiger partial charge in [-0.05, 0) is 25.0 Å². The number of hydrogen-bond donors (Lipinski definition) is 0. The first-order valence-electron chi connectivity index (χ1n) is 7.95. The summed E-state index contributed by atoms with van der Waals surface area (Å²) in [7, 11) is 1.92. The minimum absolute atomic E-state index is 0.150. The highest BCUT2D eigenvalue weighted by Crippen LogP contribution is 2.23. The zero-order chi connectivity index (χ0) is 16.1. The molecule has 0 atom stereocenters. The molecule has 0 aliphatic heterocycles. The minimum Gasteiger partial charge on any atom is -0.342 e. The van der Waals surface area contributed by atoms with Crippen molar-refractivity contribution in [2.24, 2.45) is 0 Å². The van der Waals surface area contributed by atoms with Gasteiger partial charge in [-0.2, -0.15) is 0 Å². The zero-order valence-electron chi connectivity index (χ0n) is 13.3. The highest BCUT2D eigenvalue weighted by atomic mass is 32.2. The fraction of sp³-hybridized carbons (Fsp3) is 0.500. The lowest BCUT2D eigenvalue weighted by atomic mass is 9.94. The molecule has 0 aromatic carbocycles. The molecule has 3 rings (SSSR count). The fourth-order valence-corrected chi connectivity index (χ4v) is 3.72. The van der Waals surface area contributed by atoms with Gasteiger partial charge >= 0.3 is 0 Å². The standard InChI is InChI=1S/C16H21N5OS/c1-20(13-7-3-2-4-8-13)15(22)11-23-16-19-18-12-21(16)14-9-5-6-10-17-14/h5-6,9-10,12-13H,2-4,7-8,11H2,1H3. The van der Waals surface area contributed by atoms with Crippen molar-refractivity contribution in [1.29, 1.82) is 0 Å². The van der Waals surface area contributed by atoms with E-state index in [1.165, 1.54) is 31.0 Å². The second-order valence-electron chi connectivity index (χ2n) is 5.76. The Morgan fingerprint density at radius 2 is 2.17 bits per heavy atom. The van der Waals surface area contributed by atoms with Crippen LogP contribution in [0.5, 0.6) is 0 Å². The fourth-order valence-electron chi connectivity index (χ4n) is 2.88. The van der Waals surface area contributed by atoms with Crippen LogP contribution in [0.1, 0.15) is 32.1 Å². The van der Waals surface area contributed by atoms with Gasteiger partial charge in [0.05, 0.1) is 5.75 Å². The predicted octanol–water partition coefficient (Wildman–Crippen LogP) is 2.55. The molecule has 0 saturated heterocycles. The van der Waals surface area contributed by atoms with Crippen molar-refractivity contribution in [3.05, 3.63) is 30.7 Å². The molecule has 1 fully saturated rings. The quantitative estimate of drug-likeness (QED) is 0.788. The van der Waals surface area contributed by atoms with Crippen LogP contribution in [0.2, 0.25) is 0 Å². The maximum atomic E-state index is 12.4. The van der Waals surface area contributed by atoms with E-state index in [4.69, 9.17) is 0 Å². The van der Waals surface area contributed by atoms with Gasteiger partial charge in [0, 0.05) is 19.3 Å². The Morgan fingerprint density at radius 1 is 1.35 bits per heavy atom. The third kappa shape index (κ3) is 3.90. The lowest BCUT2D eigenvalue weighted by Crippen LogP contribution is -2.39. The maximum Gasteiger partial charge on any atom is 0.233 e. The normalized spacial score (nSPS) is 15.5. The molecule has 0 N–H and O–H groups in total. The highest BCUT2D eigenvalue weighted by molar-refractivity contribution is 7.99. The Kier molecular flexibility index (Phi) is 5.27. The van der Waals surface area contributed by atoms with Crippen LogP contribution in [-0.2, 0) is 4.79 Å². The molecule has 1 saturated carbocycles. The number of aromatic nitrogens is 4. The molecule has 122 valence electrons. The summed E-state index contributed by atoms with van der Waals surface area (Å²) in [5.41, 5.74) is 0. The highest BCUT2D eigenvalue weighted by Gasteiger charge is 2.22. The average Bonchev–Trinajstić information content (AvgIpc) is 3.09. The van der Waals surface area contributed by atoms with Crippen LogP contribution in [0.4, 0.5) is 0 Å². The second kappa shape index (κ2) is 7.59. The van der Waals surface area contributed by atoms with E-state index in [0.29, 0.717) is 17.0 Å². The first-order valence-corrected chi connectivity index (χ1v) is 8.94. The lowest BCUT2D eigenvalue weighted by molar-refractivity contribution is -0.129. The van der Waals surface area contributed by atoms with Gasteiger partial charge < -0.3 is 4.90 Å². The van der Waals surface area contributed by atoms with Crippen LogP contribution in [-0.4, -0.2) is 49.4 Å². The van der Waals surface area contributed by atoms with Crippen LogP contribution in [0.15, 0.2) is 35.9 Å². The molecule has 2 aromatic heterocycles. The van der Waals surface area contributed by atoms with E-state index in [9.17, 15) is 4.79 Å². The summed E-state index contributed by atoms with van der Waals surface area (Å²) in [5.74, 6) is 1.28. The summed E-state index contributed by atoms with van der Waals surface area (Å²) < 4.78 is 1.80. The Labute approximate surface area is 140 Å². The van der Waals surface area contributed by atoms with Crippen molar-refractivity contribution >= 4 is 17.7 Å². The number of carbonyl (C=O) groups is 1. The van der Waals surface area contributed by atoms with Gasteiger partial charge in [-0.15, -0.1) is 10.2 Å². The number of thioether (sulfide) groups is 1. The molecular formula is C16H21N5OS. The number of amides is 1. The molecule has 0 unspecified atom stereocenters. The van der Waals surface area contributed by atoms with Gasteiger partial charge in [-0.25, -0.2) is 4.98 Å². The van der Waals surface area contributed by atoms with Crippen LogP contribution >= 0.6 is 11.8 Å². The van der Waals surface area contributed by atoms with E-state index in [2.05, 4.69) is 15.2 Å². The monoisotopic (exact) mass is 331 g/mol. The Balaban J connectivity index is 1.60. The first kappa shape index (κ1) is 16.0. The molecule has 2 heterocycles. The van der Waals surface area contributed by atoms with Gasteiger partial charge in [0.15, 0.2) is 5.16 Å². The molecule has 23 heavy (non-hydrogen) atoms. The second-order valence-corrected chi connectivity index (χ2v) is 6.70. The van der Waals surface area contributed by atoms with Crippen LogP contribution in [0, 0.1) is 0 Å². The molecule has 1 amide bonds. The topological polar surface area (TPSA) is 63.9 Å². The molecule has 2 aromatic rings. The number of carbonyl (C=O) groups excluding carboxylic acids is 1. The predicted molar refractivity (Wildman–Crippen MR) is 89.5 cm³/mol. The van der Waals surface area contributed by atoms with Crippen LogP contribution in [0.25, 0.3) is 5.82 Å². The average molecular weight is 331 g/mol. The summed E-state index contributed by atoms with van der Waals surface area (Å²) in [6, 6.07) is 6.07. The maximum absolute atomic E-state index is 12.4. The number of nitrogens with zero attached hydrogens (tertiary/aromatic N) is 5. The summed E-state index contributed by atoms with van der Waals surface area (Å²) in [4.78, 5) is 18.6. The van der Waals surface area contributed by atoms with Crippen molar-refractivity contribution in [2.75, 3.05) is 12.8 Å². The molecule has 1 aliphatic carbocycles.